The van der Waals surface area contributed by atoms with Crippen LogP contribution in [-0.2, 0) is 13.0 Å². The van der Waals surface area contributed by atoms with Gasteiger partial charge in [-0.1, -0.05) is 18.2 Å². The molecule has 0 radical (unpaired) electrons. The second-order valence-corrected chi connectivity index (χ2v) is 4.51. The normalized spacial score (nSPS) is 10.4. The summed E-state index contributed by atoms with van der Waals surface area (Å²) < 4.78 is 24.0. The van der Waals surface area contributed by atoms with Crippen LogP contribution in [0.3, 0.4) is 0 Å². The molecule has 0 spiro atoms. The Kier molecular flexibility index (Phi) is 5.51. The van der Waals surface area contributed by atoms with Crippen LogP contribution in [0.1, 0.15) is 11.3 Å². The van der Waals surface area contributed by atoms with Gasteiger partial charge in [-0.25, -0.2) is 4.39 Å². The van der Waals surface area contributed by atoms with Crippen molar-refractivity contribution in [1.82, 2.24) is 10.3 Å². The van der Waals surface area contributed by atoms with Gasteiger partial charge in [0, 0.05) is 18.8 Å². The fraction of sp³-hybridized carbons (Fsp3) is 0.312. The predicted molar refractivity (Wildman–Crippen MR) is 79.2 cm³/mol. The van der Waals surface area contributed by atoms with Gasteiger partial charge in [-0.15, -0.1) is 0 Å². The fourth-order valence-electron chi connectivity index (χ4n) is 2.11. The number of rotatable bonds is 7. The quantitative estimate of drug-likeness (QED) is 0.796. The fourth-order valence-corrected chi connectivity index (χ4v) is 2.11. The van der Waals surface area contributed by atoms with E-state index in [1.54, 1.807) is 38.6 Å². The zero-order valence-corrected chi connectivity index (χ0v) is 12.2. The number of pyridine rings is 1. The van der Waals surface area contributed by atoms with Crippen molar-refractivity contribution in [2.24, 2.45) is 0 Å². The SMILES string of the molecule is COc1ccnc(CNCCc2ccccc2F)c1OC. The van der Waals surface area contributed by atoms with Crippen molar-refractivity contribution >= 4 is 0 Å². The minimum absolute atomic E-state index is 0.170. The molecule has 0 atom stereocenters. The van der Waals surface area contributed by atoms with Crippen LogP contribution in [0.25, 0.3) is 0 Å². The highest BCUT2D eigenvalue weighted by Crippen LogP contribution is 2.28. The van der Waals surface area contributed by atoms with Crippen LogP contribution in [0.2, 0.25) is 0 Å². The van der Waals surface area contributed by atoms with E-state index in [2.05, 4.69) is 10.3 Å². The van der Waals surface area contributed by atoms with E-state index in [0.717, 1.165) is 5.69 Å². The molecule has 4 nitrogen and oxygen atoms in total. The molecule has 21 heavy (non-hydrogen) atoms. The zero-order chi connectivity index (χ0) is 15.1. The lowest BCUT2D eigenvalue weighted by Gasteiger charge is -2.12. The standard InChI is InChI=1S/C16H19FN2O2/c1-20-15-8-10-19-14(16(15)21-2)11-18-9-7-12-5-3-4-6-13(12)17/h3-6,8,10,18H,7,9,11H2,1-2H3. The van der Waals surface area contributed by atoms with E-state index in [0.29, 0.717) is 36.6 Å². The molecule has 1 heterocycles. The Morgan fingerprint density at radius 1 is 1.14 bits per heavy atom. The molecule has 2 aromatic rings. The molecule has 5 heteroatoms. The minimum Gasteiger partial charge on any atom is -0.493 e. The van der Waals surface area contributed by atoms with Crippen LogP contribution in [0.5, 0.6) is 11.5 Å². The molecule has 2 rings (SSSR count). The van der Waals surface area contributed by atoms with Crippen molar-refractivity contribution < 1.29 is 13.9 Å². The number of halogens is 1. The van der Waals surface area contributed by atoms with Gasteiger partial charge in [0.15, 0.2) is 11.5 Å². The first-order valence-electron chi connectivity index (χ1n) is 6.76. The van der Waals surface area contributed by atoms with Crippen LogP contribution in [0, 0.1) is 5.82 Å². The average Bonchev–Trinajstić information content (AvgIpc) is 2.52. The van der Waals surface area contributed by atoms with Crippen molar-refractivity contribution in [2.75, 3.05) is 20.8 Å². The summed E-state index contributed by atoms with van der Waals surface area (Å²) in [5.41, 5.74) is 1.47. The number of ether oxygens (including phenoxy) is 2. The summed E-state index contributed by atoms with van der Waals surface area (Å²) in [6.45, 7) is 1.19. The smallest absolute Gasteiger partial charge is 0.183 e. The second-order valence-electron chi connectivity index (χ2n) is 4.51. The van der Waals surface area contributed by atoms with Crippen molar-refractivity contribution in [2.45, 2.75) is 13.0 Å². The first kappa shape index (κ1) is 15.3. The Morgan fingerprint density at radius 3 is 2.67 bits per heavy atom. The molecular weight excluding hydrogens is 271 g/mol. The van der Waals surface area contributed by atoms with Gasteiger partial charge in [0.2, 0.25) is 0 Å². The summed E-state index contributed by atoms with van der Waals surface area (Å²) in [4.78, 5) is 4.28. The van der Waals surface area contributed by atoms with Gasteiger partial charge in [-0.2, -0.15) is 0 Å². The Hall–Kier alpha value is -2.14. The van der Waals surface area contributed by atoms with Gasteiger partial charge in [0.1, 0.15) is 5.82 Å². The van der Waals surface area contributed by atoms with E-state index >= 15 is 0 Å². The lowest BCUT2D eigenvalue weighted by atomic mass is 10.1. The topological polar surface area (TPSA) is 43.4 Å². The third-order valence-corrected chi connectivity index (χ3v) is 3.19. The van der Waals surface area contributed by atoms with Gasteiger partial charge in [0.25, 0.3) is 0 Å². The summed E-state index contributed by atoms with van der Waals surface area (Å²) in [7, 11) is 3.18. The zero-order valence-electron chi connectivity index (χ0n) is 12.2. The highest BCUT2D eigenvalue weighted by Gasteiger charge is 2.10. The highest BCUT2D eigenvalue weighted by molar-refractivity contribution is 5.42. The Morgan fingerprint density at radius 2 is 1.95 bits per heavy atom. The third-order valence-electron chi connectivity index (χ3n) is 3.19. The lowest BCUT2D eigenvalue weighted by molar-refractivity contribution is 0.348. The minimum atomic E-state index is -0.170. The van der Waals surface area contributed by atoms with Crippen molar-refractivity contribution in [3.63, 3.8) is 0 Å². The number of hydrogen-bond acceptors (Lipinski definition) is 4. The van der Waals surface area contributed by atoms with Crippen LogP contribution in [-0.4, -0.2) is 25.7 Å². The van der Waals surface area contributed by atoms with Crippen LogP contribution in [0.15, 0.2) is 36.5 Å². The molecule has 0 bridgehead atoms. The van der Waals surface area contributed by atoms with E-state index < -0.39 is 0 Å². The molecule has 1 N–H and O–H groups in total. The van der Waals surface area contributed by atoms with E-state index in [9.17, 15) is 4.39 Å². The average molecular weight is 290 g/mol. The Balaban J connectivity index is 1.91. The molecular formula is C16H19FN2O2. The number of methoxy groups -OCH3 is 2. The monoisotopic (exact) mass is 290 g/mol. The molecule has 0 saturated heterocycles. The highest BCUT2D eigenvalue weighted by atomic mass is 19.1. The summed E-state index contributed by atoms with van der Waals surface area (Å²) in [5, 5.41) is 3.24. The molecule has 0 aliphatic heterocycles. The number of hydrogen-bond donors (Lipinski definition) is 1. The molecule has 0 fully saturated rings. The maximum Gasteiger partial charge on any atom is 0.183 e. The number of benzene rings is 1. The maximum absolute atomic E-state index is 13.5. The first-order chi connectivity index (χ1) is 10.3. The summed E-state index contributed by atoms with van der Waals surface area (Å²) in [6.07, 6.45) is 2.30. The van der Waals surface area contributed by atoms with Crippen molar-refractivity contribution in [3.8, 4) is 11.5 Å². The number of aromatic nitrogens is 1. The van der Waals surface area contributed by atoms with Gasteiger partial charge < -0.3 is 14.8 Å². The molecule has 0 aliphatic rings. The first-order valence-corrected chi connectivity index (χ1v) is 6.76. The van der Waals surface area contributed by atoms with E-state index in [-0.39, 0.29) is 5.82 Å². The molecule has 1 aromatic carbocycles. The molecule has 0 amide bonds. The van der Waals surface area contributed by atoms with E-state index in [1.807, 2.05) is 6.07 Å². The molecule has 0 unspecified atom stereocenters. The third kappa shape index (κ3) is 3.92. The van der Waals surface area contributed by atoms with Crippen molar-refractivity contribution in [1.29, 1.82) is 0 Å². The second kappa shape index (κ2) is 7.59. The molecule has 112 valence electrons. The lowest BCUT2D eigenvalue weighted by Crippen LogP contribution is -2.18. The molecule has 0 saturated carbocycles. The van der Waals surface area contributed by atoms with E-state index in [1.165, 1.54) is 6.07 Å². The van der Waals surface area contributed by atoms with E-state index in [4.69, 9.17) is 9.47 Å². The van der Waals surface area contributed by atoms with Crippen LogP contribution >= 0.6 is 0 Å². The molecule has 0 aliphatic carbocycles. The maximum atomic E-state index is 13.5. The summed E-state index contributed by atoms with van der Waals surface area (Å²) in [5.74, 6) is 1.10. The molecule has 1 aromatic heterocycles. The number of nitrogens with zero attached hydrogens (tertiary/aromatic N) is 1. The Bertz CT molecular complexity index is 590. The van der Waals surface area contributed by atoms with Gasteiger partial charge >= 0.3 is 0 Å². The van der Waals surface area contributed by atoms with Gasteiger partial charge in [-0.3, -0.25) is 4.98 Å². The van der Waals surface area contributed by atoms with Gasteiger partial charge in [-0.05, 0) is 24.6 Å². The predicted octanol–water partition coefficient (Wildman–Crippen LogP) is 2.57. The van der Waals surface area contributed by atoms with Crippen LogP contribution in [0.4, 0.5) is 4.39 Å². The summed E-state index contributed by atoms with van der Waals surface area (Å²) in [6, 6.07) is 8.55. The number of nitrogens with one attached hydrogen (secondary N) is 1. The van der Waals surface area contributed by atoms with Gasteiger partial charge in [0.05, 0.1) is 19.9 Å². The van der Waals surface area contributed by atoms with Crippen molar-refractivity contribution in [3.05, 3.63) is 53.6 Å². The Labute approximate surface area is 123 Å². The van der Waals surface area contributed by atoms with Crippen LogP contribution < -0.4 is 14.8 Å². The largest absolute Gasteiger partial charge is 0.493 e. The summed E-state index contributed by atoms with van der Waals surface area (Å²) >= 11 is 0.